The van der Waals surface area contributed by atoms with Crippen LogP contribution >= 0.6 is 0 Å². The fourth-order valence-electron chi connectivity index (χ4n) is 3.01. The van der Waals surface area contributed by atoms with E-state index in [1.54, 1.807) is 7.05 Å². The minimum atomic E-state index is 0.0672. The zero-order chi connectivity index (χ0) is 9.42. The van der Waals surface area contributed by atoms with E-state index in [-0.39, 0.29) is 6.03 Å². The summed E-state index contributed by atoms with van der Waals surface area (Å²) in [5.74, 6) is 1.69. The van der Waals surface area contributed by atoms with E-state index in [1.165, 1.54) is 25.7 Å². The van der Waals surface area contributed by atoms with E-state index in [0.717, 1.165) is 11.8 Å². The number of carbonyl (C=O) groups is 1. The second-order valence-electron chi connectivity index (χ2n) is 4.41. The van der Waals surface area contributed by atoms with Crippen LogP contribution in [0.4, 0.5) is 4.79 Å². The van der Waals surface area contributed by atoms with Gasteiger partial charge < -0.3 is 10.2 Å². The first-order valence-electron chi connectivity index (χ1n) is 5.17. The van der Waals surface area contributed by atoms with Crippen LogP contribution in [0.5, 0.6) is 0 Å². The number of carbonyl (C=O) groups excluding carboxylic acids is 1. The first-order chi connectivity index (χ1) is 6.22. The van der Waals surface area contributed by atoms with Gasteiger partial charge in [0.1, 0.15) is 0 Å². The van der Waals surface area contributed by atoms with Crippen LogP contribution in [0.2, 0.25) is 0 Å². The molecule has 0 aliphatic heterocycles. The highest BCUT2D eigenvalue weighted by atomic mass is 16.2. The van der Waals surface area contributed by atoms with Crippen LogP contribution in [0, 0.1) is 11.8 Å². The molecular weight excluding hydrogens is 164 g/mol. The fourth-order valence-corrected chi connectivity index (χ4v) is 3.01. The molecule has 3 heteroatoms. The molecule has 0 saturated heterocycles. The number of rotatable bonds is 1. The minimum Gasteiger partial charge on any atom is -0.341 e. The molecule has 0 aromatic heterocycles. The Hall–Kier alpha value is -0.730. The van der Waals surface area contributed by atoms with Gasteiger partial charge in [0.15, 0.2) is 0 Å². The van der Waals surface area contributed by atoms with Crippen LogP contribution in [0.1, 0.15) is 25.7 Å². The van der Waals surface area contributed by atoms with Gasteiger partial charge in [-0.3, -0.25) is 0 Å². The Morgan fingerprint density at radius 1 is 1.38 bits per heavy atom. The smallest absolute Gasteiger partial charge is 0.317 e. The maximum Gasteiger partial charge on any atom is 0.317 e. The highest BCUT2D eigenvalue weighted by molar-refractivity contribution is 5.73. The first-order valence-corrected chi connectivity index (χ1v) is 5.17. The van der Waals surface area contributed by atoms with Gasteiger partial charge in [0, 0.05) is 20.1 Å². The zero-order valence-corrected chi connectivity index (χ0v) is 8.42. The molecule has 2 bridgehead atoms. The molecule has 0 aromatic carbocycles. The second-order valence-corrected chi connectivity index (χ2v) is 4.41. The lowest BCUT2D eigenvalue weighted by molar-refractivity contribution is 0.168. The lowest BCUT2D eigenvalue weighted by atomic mass is 9.94. The summed E-state index contributed by atoms with van der Waals surface area (Å²) in [6.45, 7) is 0. The molecular formula is C10H18N2O. The third-order valence-electron chi connectivity index (χ3n) is 3.73. The van der Waals surface area contributed by atoms with Gasteiger partial charge in [0.2, 0.25) is 0 Å². The molecule has 0 spiro atoms. The van der Waals surface area contributed by atoms with E-state index in [2.05, 4.69) is 5.32 Å². The van der Waals surface area contributed by atoms with Gasteiger partial charge in [-0.2, -0.15) is 0 Å². The predicted molar refractivity (Wildman–Crippen MR) is 51.5 cm³/mol. The summed E-state index contributed by atoms with van der Waals surface area (Å²) in [7, 11) is 3.62. The van der Waals surface area contributed by atoms with Crippen molar-refractivity contribution >= 4 is 6.03 Å². The molecule has 3 nitrogen and oxygen atoms in total. The number of urea groups is 1. The van der Waals surface area contributed by atoms with E-state index in [0.29, 0.717) is 6.04 Å². The topological polar surface area (TPSA) is 32.3 Å². The molecule has 0 radical (unpaired) electrons. The first kappa shape index (κ1) is 8.85. The van der Waals surface area contributed by atoms with Crippen molar-refractivity contribution < 1.29 is 4.79 Å². The van der Waals surface area contributed by atoms with E-state index >= 15 is 0 Å². The number of nitrogens with zero attached hydrogens (tertiary/aromatic N) is 1. The molecule has 2 saturated carbocycles. The molecule has 1 N–H and O–H groups in total. The number of hydrogen-bond donors (Lipinski definition) is 1. The molecule has 3 atom stereocenters. The zero-order valence-electron chi connectivity index (χ0n) is 8.42. The molecule has 2 aliphatic rings. The van der Waals surface area contributed by atoms with Crippen LogP contribution in [-0.4, -0.2) is 31.1 Å². The normalized spacial score (nSPS) is 36.3. The average molecular weight is 182 g/mol. The van der Waals surface area contributed by atoms with Crippen molar-refractivity contribution in [3.05, 3.63) is 0 Å². The molecule has 0 heterocycles. The largest absolute Gasteiger partial charge is 0.341 e. The lowest BCUT2D eigenvalue weighted by Gasteiger charge is -2.31. The Bertz CT molecular complexity index is 217. The third kappa shape index (κ3) is 1.40. The molecule has 0 aromatic rings. The Balaban J connectivity index is 1.98. The quantitative estimate of drug-likeness (QED) is 0.654. The summed E-state index contributed by atoms with van der Waals surface area (Å²) in [5.41, 5.74) is 0. The monoisotopic (exact) mass is 182 g/mol. The third-order valence-corrected chi connectivity index (χ3v) is 3.73. The van der Waals surface area contributed by atoms with Crippen molar-refractivity contribution in [2.45, 2.75) is 31.7 Å². The molecule has 13 heavy (non-hydrogen) atoms. The Morgan fingerprint density at radius 3 is 2.62 bits per heavy atom. The standard InChI is InChI=1S/C10H18N2O/c1-11-10(13)12(2)9-6-7-3-4-8(9)5-7/h7-9H,3-6H2,1-2H3,(H,11,13). The SMILES string of the molecule is CNC(=O)N(C)C1CC2CCC1C2. The van der Waals surface area contributed by atoms with Gasteiger partial charge in [-0.05, 0) is 31.1 Å². The number of hydrogen-bond acceptors (Lipinski definition) is 1. The van der Waals surface area contributed by atoms with Crippen LogP contribution in [-0.2, 0) is 0 Å². The van der Waals surface area contributed by atoms with Crippen molar-refractivity contribution in [1.82, 2.24) is 10.2 Å². The van der Waals surface area contributed by atoms with Gasteiger partial charge in [-0.1, -0.05) is 6.42 Å². The molecule has 74 valence electrons. The summed E-state index contributed by atoms with van der Waals surface area (Å²) in [4.78, 5) is 13.3. The van der Waals surface area contributed by atoms with Gasteiger partial charge in [0.25, 0.3) is 0 Å². The molecule has 3 unspecified atom stereocenters. The highest BCUT2D eigenvalue weighted by Gasteiger charge is 2.42. The van der Waals surface area contributed by atoms with Gasteiger partial charge >= 0.3 is 6.03 Å². The van der Waals surface area contributed by atoms with Crippen LogP contribution < -0.4 is 5.32 Å². The summed E-state index contributed by atoms with van der Waals surface area (Å²) >= 11 is 0. The van der Waals surface area contributed by atoms with Gasteiger partial charge in [-0.25, -0.2) is 4.79 Å². The van der Waals surface area contributed by atoms with Crippen molar-refractivity contribution in [3.63, 3.8) is 0 Å². The second kappa shape index (κ2) is 3.20. The Labute approximate surface area is 79.5 Å². The maximum absolute atomic E-state index is 11.4. The van der Waals surface area contributed by atoms with Crippen LogP contribution in [0.25, 0.3) is 0 Å². The number of nitrogens with one attached hydrogen (secondary N) is 1. The minimum absolute atomic E-state index is 0.0672. The van der Waals surface area contributed by atoms with E-state index in [1.807, 2.05) is 11.9 Å². The van der Waals surface area contributed by atoms with Crippen LogP contribution in [0.15, 0.2) is 0 Å². The Morgan fingerprint density at radius 2 is 2.15 bits per heavy atom. The van der Waals surface area contributed by atoms with Crippen molar-refractivity contribution in [3.8, 4) is 0 Å². The average Bonchev–Trinajstić information content (AvgIpc) is 2.76. The van der Waals surface area contributed by atoms with Crippen LogP contribution in [0.3, 0.4) is 0 Å². The number of fused-ring (bicyclic) bond motifs is 2. The molecule has 2 aliphatic carbocycles. The van der Waals surface area contributed by atoms with Crippen molar-refractivity contribution in [2.75, 3.05) is 14.1 Å². The van der Waals surface area contributed by atoms with E-state index in [9.17, 15) is 4.79 Å². The maximum atomic E-state index is 11.4. The lowest BCUT2D eigenvalue weighted by Crippen LogP contribution is -2.44. The van der Waals surface area contributed by atoms with E-state index in [4.69, 9.17) is 0 Å². The van der Waals surface area contributed by atoms with Gasteiger partial charge in [0.05, 0.1) is 0 Å². The highest BCUT2D eigenvalue weighted by Crippen LogP contribution is 2.46. The van der Waals surface area contributed by atoms with Crippen molar-refractivity contribution in [1.29, 1.82) is 0 Å². The van der Waals surface area contributed by atoms with E-state index < -0.39 is 0 Å². The number of amides is 2. The summed E-state index contributed by atoms with van der Waals surface area (Å²) in [6.07, 6.45) is 5.31. The fraction of sp³-hybridized carbons (Fsp3) is 0.900. The Kier molecular flexibility index (Phi) is 2.18. The molecule has 2 fully saturated rings. The van der Waals surface area contributed by atoms with Crippen molar-refractivity contribution in [2.24, 2.45) is 11.8 Å². The summed E-state index contributed by atoms with van der Waals surface area (Å²) in [5, 5.41) is 2.69. The molecule has 2 rings (SSSR count). The summed E-state index contributed by atoms with van der Waals surface area (Å²) < 4.78 is 0. The van der Waals surface area contributed by atoms with Gasteiger partial charge in [-0.15, -0.1) is 0 Å². The predicted octanol–water partition coefficient (Wildman–Crippen LogP) is 1.45. The molecule has 2 amide bonds. The summed E-state index contributed by atoms with van der Waals surface area (Å²) in [6, 6.07) is 0.580.